The molecule has 0 spiro atoms. The molecule has 0 saturated carbocycles. The van der Waals surface area contributed by atoms with Crippen molar-refractivity contribution in [2.45, 2.75) is 20.3 Å². The summed E-state index contributed by atoms with van der Waals surface area (Å²) in [5.41, 5.74) is 8.63. The van der Waals surface area contributed by atoms with E-state index in [0.29, 0.717) is 11.5 Å². The van der Waals surface area contributed by atoms with Crippen LogP contribution in [0.15, 0.2) is 18.2 Å². The number of carbonyl (C=O) groups is 1. The van der Waals surface area contributed by atoms with Gasteiger partial charge < -0.3 is 15.5 Å². The van der Waals surface area contributed by atoms with Crippen LogP contribution in [0.3, 0.4) is 0 Å². The summed E-state index contributed by atoms with van der Waals surface area (Å²) in [6.07, 6.45) is 0.983. The predicted molar refractivity (Wildman–Crippen MR) is 88.3 cm³/mol. The Bertz CT molecular complexity index is 500. The first-order chi connectivity index (χ1) is 9.36. The molecule has 0 unspecified atom stereocenters. The van der Waals surface area contributed by atoms with Crippen molar-refractivity contribution in [2.24, 2.45) is 5.73 Å². The molecule has 0 saturated heterocycles. The minimum Gasteiger partial charge on any atom is -0.389 e. The van der Waals surface area contributed by atoms with Crippen molar-refractivity contribution in [1.82, 2.24) is 4.90 Å². The Morgan fingerprint density at radius 1 is 1.35 bits per heavy atom. The number of anilines is 1. The van der Waals surface area contributed by atoms with E-state index < -0.39 is 0 Å². The Kier molecular flexibility index (Phi) is 5.95. The van der Waals surface area contributed by atoms with Crippen LogP contribution in [-0.4, -0.2) is 43.0 Å². The molecule has 0 aliphatic rings. The van der Waals surface area contributed by atoms with Crippen molar-refractivity contribution in [3.05, 3.63) is 29.3 Å². The molecule has 5 heteroatoms. The first-order valence-corrected chi connectivity index (χ1v) is 7.13. The fourth-order valence-corrected chi connectivity index (χ4v) is 2.22. The van der Waals surface area contributed by atoms with E-state index in [1.165, 1.54) is 0 Å². The average molecular weight is 293 g/mol. The molecule has 4 nitrogen and oxygen atoms in total. The molecule has 0 bridgehead atoms. The van der Waals surface area contributed by atoms with E-state index in [1.807, 2.05) is 25.1 Å². The molecule has 0 fully saturated rings. The van der Waals surface area contributed by atoms with Crippen molar-refractivity contribution in [3.63, 3.8) is 0 Å². The lowest BCUT2D eigenvalue weighted by molar-refractivity contribution is -0.127. The molecular formula is C15H23N3OS. The van der Waals surface area contributed by atoms with Crippen LogP contribution in [0.5, 0.6) is 0 Å². The summed E-state index contributed by atoms with van der Waals surface area (Å²) in [5.74, 6) is 0.0922. The van der Waals surface area contributed by atoms with Gasteiger partial charge in [-0.05, 0) is 37.1 Å². The van der Waals surface area contributed by atoms with Gasteiger partial charge in [0.05, 0.1) is 6.54 Å². The Balaban J connectivity index is 3.00. The topological polar surface area (TPSA) is 49.6 Å². The highest BCUT2D eigenvalue weighted by Gasteiger charge is 2.13. The minimum atomic E-state index is 0.0922. The standard InChI is InChI=1S/C15H23N3OS/c1-5-8-18(10-14(19)17(3)4)12-6-7-13(15(16)20)11(2)9-12/h6-7,9H,5,8,10H2,1-4H3,(H2,16,20). The molecule has 0 heterocycles. The van der Waals surface area contributed by atoms with E-state index in [0.717, 1.165) is 29.8 Å². The zero-order chi connectivity index (χ0) is 15.3. The highest BCUT2D eigenvalue weighted by atomic mass is 32.1. The molecule has 2 N–H and O–H groups in total. The van der Waals surface area contributed by atoms with Gasteiger partial charge in [-0.15, -0.1) is 0 Å². The van der Waals surface area contributed by atoms with Crippen molar-refractivity contribution in [1.29, 1.82) is 0 Å². The van der Waals surface area contributed by atoms with Crippen LogP contribution < -0.4 is 10.6 Å². The number of nitrogens with two attached hydrogens (primary N) is 1. The van der Waals surface area contributed by atoms with Crippen LogP contribution in [0.1, 0.15) is 24.5 Å². The number of likely N-dealkylation sites (N-methyl/N-ethyl adjacent to an activating group) is 1. The van der Waals surface area contributed by atoms with Gasteiger partial charge in [-0.1, -0.05) is 19.1 Å². The lowest BCUT2D eigenvalue weighted by Crippen LogP contribution is -2.37. The van der Waals surface area contributed by atoms with Gasteiger partial charge in [0.1, 0.15) is 4.99 Å². The molecule has 1 aromatic rings. The molecule has 110 valence electrons. The maximum absolute atomic E-state index is 11.9. The third-order valence-electron chi connectivity index (χ3n) is 3.16. The zero-order valence-corrected chi connectivity index (χ0v) is 13.5. The van der Waals surface area contributed by atoms with E-state index >= 15 is 0 Å². The first-order valence-electron chi connectivity index (χ1n) is 6.72. The van der Waals surface area contributed by atoms with Crippen LogP contribution in [0.2, 0.25) is 0 Å². The van der Waals surface area contributed by atoms with Crippen LogP contribution in [-0.2, 0) is 4.79 Å². The third-order valence-corrected chi connectivity index (χ3v) is 3.38. The number of hydrogen-bond acceptors (Lipinski definition) is 3. The highest BCUT2D eigenvalue weighted by Crippen LogP contribution is 2.19. The molecule has 0 atom stereocenters. The number of amides is 1. The highest BCUT2D eigenvalue weighted by molar-refractivity contribution is 7.80. The van der Waals surface area contributed by atoms with Crippen LogP contribution in [0.25, 0.3) is 0 Å². The second-order valence-electron chi connectivity index (χ2n) is 5.07. The van der Waals surface area contributed by atoms with Crippen molar-refractivity contribution in [3.8, 4) is 0 Å². The smallest absolute Gasteiger partial charge is 0.241 e. The maximum atomic E-state index is 11.9. The molecular weight excluding hydrogens is 270 g/mol. The van der Waals surface area contributed by atoms with E-state index in [-0.39, 0.29) is 5.91 Å². The number of rotatable bonds is 6. The van der Waals surface area contributed by atoms with Gasteiger partial charge in [0.2, 0.25) is 5.91 Å². The maximum Gasteiger partial charge on any atom is 0.241 e. The minimum absolute atomic E-state index is 0.0922. The summed E-state index contributed by atoms with van der Waals surface area (Å²) >= 11 is 5.02. The summed E-state index contributed by atoms with van der Waals surface area (Å²) in [4.78, 5) is 16.0. The first kappa shape index (κ1) is 16.4. The van der Waals surface area contributed by atoms with Crippen molar-refractivity contribution >= 4 is 28.8 Å². The van der Waals surface area contributed by atoms with Crippen molar-refractivity contribution in [2.75, 3.05) is 32.1 Å². The Labute approximate surface area is 126 Å². The fraction of sp³-hybridized carbons (Fsp3) is 0.467. The number of carbonyl (C=O) groups excluding carboxylic acids is 1. The van der Waals surface area contributed by atoms with Crippen LogP contribution in [0, 0.1) is 6.92 Å². The molecule has 20 heavy (non-hydrogen) atoms. The van der Waals surface area contributed by atoms with Gasteiger partial charge in [-0.2, -0.15) is 0 Å². The number of benzene rings is 1. The van der Waals surface area contributed by atoms with Gasteiger partial charge in [0.25, 0.3) is 0 Å². The molecule has 0 aromatic heterocycles. The summed E-state index contributed by atoms with van der Waals surface area (Å²) in [6.45, 7) is 5.30. The Hall–Kier alpha value is -1.62. The van der Waals surface area contributed by atoms with E-state index in [1.54, 1.807) is 19.0 Å². The Morgan fingerprint density at radius 3 is 2.45 bits per heavy atom. The number of hydrogen-bond donors (Lipinski definition) is 1. The van der Waals surface area contributed by atoms with Gasteiger partial charge in [0.15, 0.2) is 0 Å². The van der Waals surface area contributed by atoms with Gasteiger partial charge in [0, 0.05) is 31.9 Å². The van der Waals surface area contributed by atoms with Crippen LogP contribution in [0.4, 0.5) is 5.69 Å². The van der Waals surface area contributed by atoms with Crippen LogP contribution >= 0.6 is 12.2 Å². The normalized spacial score (nSPS) is 10.2. The van der Waals surface area contributed by atoms with E-state index in [2.05, 4.69) is 11.8 Å². The lowest BCUT2D eigenvalue weighted by Gasteiger charge is -2.26. The summed E-state index contributed by atoms with van der Waals surface area (Å²) in [5, 5.41) is 0. The third kappa shape index (κ3) is 4.20. The predicted octanol–water partition coefficient (Wildman–Crippen LogP) is 1.93. The quantitative estimate of drug-likeness (QED) is 0.814. The molecule has 1 rings (SSSR count). The lowest BCUT2D eigenvalue weighted by atomic mass is 10.1. The number of nitrogens with zero attached hydrogens (tertiary/aromatic N) is 2. The van der Waals surface area contributed by atoms with Gasteiger partial charge in [-0.25, -0.2) is 0 Å². The zero-order valence-electron chi connectivity index (χ0n) is 12.6. The van der Waals surface area contributed by atoms with Gasteiger partial charge >= 0.3 is 0 Å². The summed E-state index contributed by atoms with van der Waals surface area (Å²) in [7, 11) is 3.54. The summed E-state index contributed by atoms with van der Waals surface area (Å²) < 4.78 is 0. The second-order valence-corrected chi connectivity index (χ2v) is 5.51. The molecule has 0 aliphatic heterocycles. The number of thiocarbonyl (C=S) groups is 1. The summed E-state index contributed by atoms with van der Waals surface area (Å²) in [6, 6.07) is 5.93. The van der Waals surface area contributed by atoms with E-state index in [4.69, 9.17) is 18.0 Å². The molecule has 1 amide bonds. The SMILES string of the molecule is CCCN(CC(=O)N(C)C)c1ccc(C(N)=S)c(C)c1. The number of aryl methyl sites for hydroxylation is 1. The molecule has 1 aromatic carbocycles. The Morgan fingerprint density at radius 2 is 2.00 bits per heavy atom. The second kappa shape index (κ2) is 7.24. The fourth-order valence-electron chi connectivity index (χ4n) is 2.00. The monoisotopic (exact) mass is 293 g/mol. The van der Waals surface area contributed by atoms with E-state index in [9.17, 15) is 4.79 Å². The molecule has 0 radical (unpaired) electrons. The molecule has 0 aliphatic carbocycles. The largest absolute Gasteiger partial charge is 0.389 e. The van der Waals surface area contributed by atoms with Crippen molar-refractivity contribution < 1.29 is 4.79 Å². The van der Waals surface area contributed by atoms with Gasteiger partial charge in [-0.3, -0.25) is 4.79 Å². The average Bonchev–Trinajstić information content (AvgIpc) is 2.37.